The molecule has 2 heterocycles. The number of hydrogen-bond donors (Lipinski definition) is 1. The monoisotopic (exact) mass is 456 g/mol. The minimum atomic E-state index is -0.337. The Kier molecular flexibility index (Phi) is 6.28. The lowest BCUT2D eigenvalue weighted by Crippen LogP contribution is -2.40. The predicted molar refractivity (Wildman–Crippen MR) is 134 cm³/mol. The number of aromatic nitrogens is 5. The first-order chi connectivity index (χ1) is 16.5. The van der Waals surface area contributed by atoms with Gasteiger partial charge in [0.15, 0.2) is 5.82 Å². The second-order valence-electron chi connectivity index (χ2n) is 9.57. The summed E-state index contributed by atoms with van der Waals surface area (Å²) in [5.74, 6) is 0.700. The van der Waals surface area contributed by atoms with Crippen molar-refractivity contribution in [1.82, 2.24) is 30.1 Å². The fraction of sp³-hybridized carbons (Fsp3) is 0.407. The van der Waals surface area contributed by atoms with Crippen LogP contribution in [0.3, 0.4) is 0 Å². The van der Waals surface area contributed by atoms with E-state index in [1.54, 1.807) is 0 Å². The molecule has 1 aliphatic rings. The van der Waals surface area contributed by atoms with E-state index in [1.807, 2.05) is 28.9 Å². The molecular formula is C27H32N6O. The number of hydrogen-bond acceptors (Lipinski definition) is 5. The number of rotatable bonds is 6. The lowest BCUT2D eigenvalue weighted by atomic mass is 9.92. The van der Waals surface area contributed by atoms with Crippen molar-refractivity contribution < 1.29 is 0 Å². The molecule has 176 valence electrons. The third-order valence-corrected chi connectivity index (χ3v) is 7.41. The summed E-state index contributed by atoms with van der Waals surface area (Å²) in [5.41, 5.74) is 4.90. The SMILES string of the molecule is Cc1ccc2cc(C(c3nnnn3Cc3ccccc3)N(C)C3CCCCC3)c(=O)[nH]c2c1C. The van der Waals surface area contributed by atoms with Gasteiger partial charge in [-0.15, -0.1) is 5.10 Å². The first-order valence-corrected chi connectivity index (χ1v) is 12.2. The molecule has 1 unspecified atom stereocenters. The van der Waals surface area contributed by atoms with E-state index in [2.05, 4.69) is 70.6 Å². The van der Waals surface area contributed by atoms with Crippen molar-refractivity contribution in [2.24, 2.45) is 0 Å². The van der Waals surface area contributed by atoms with E-state index in [1.165, 1.54) is 24.8 Å². The molecule has 5 rings (SSSR count). The van der Waals surface area contributed by atoms with Crippen LogP contribution in [0.25, 0.3) is 10.9 Å². The van der Waals surface area contributed by atoms with Crippen molar-refractivity contribution in [1.29, 1.82) is 0 Å². The van der Waals surface area contributed by atoms with Crippen molar-refractivity contribution in [3.8, 4) is 0 Å². The Bertz CT molecular complexity index is 1340. The first kappa shape index (κ1) is 22.5. The third-order valence-electron chi connectivity index (χ3n) is 7.41. The Morgan fingerprint density at radius 3 is 2.62 bits per heavy atom. The molecule has 1 fully saturated rings. The minimum absolute atomic E-state index is 0.0804. The second-order valence-corrected chi connectivity index (χ2v) is 9.57. The summed E-state index contributed by atoms with van der Waals surface area (Å²) in [6.45, 7) is 4.68. The maximum absolute atomic E-state index is 13.5. The van der Waals surface area contributed by atoms with Gasteiger partial charge in [0.25, 0.3) is 5.56 Å². The highest BCUT2D eigenvalue weighted by Crippen LogP contribution is 2.32. The van der Waals surface area contributed by atoms with Gasteiger partial charge in [-0.3, -0.25) is 9.69 Å². The average Bonchev–Trinajstić information content (AvgIpc) is 3.31. The lowest BCUT2D eigenvalue weighted by Gasteiger charge is -2.36. The quantitative estimate of drug-likeness (QED) is 0.461. The standard InChI is InChI=1S/C27H32N6O/c1-18-14-15-21-16-23(27(34)28-24(21)19(18)2)25(32(3)22-12-8-5-9-13-22)26-29-30-31-33(26)17-20-10-6-4-7-11-20/h4,6-7,10-11,14-16,22,25H,5,8-9,12-13,17H2,1-3H3,(H,28,34). The molecule has 34 heavy (non-hydrogen) atoms. The zero-order chi connectivity index (χ0) is 23.7. The molecule has 2 aromatic carbocycles. The Morgan fingerprint density at radius 2 is 1.85 bits per heavy atom. The van der Waals surface area contributed by atoms with E-state index >= 15 is 0 Å². The second kappa shape index (κ2) is 9.50. The van der Waals surface area contributed by atoms with Crippen LogP contribution in [0.4, 0.5) is 0 Å². The number of H-pyrrole nitrogens is 1. The van der Waals surface area contributed by atoms with E-state index < -0.39 is 0 Å². The molecule has 2 aromatic heterocycles. The topological polar surface area (TPSA) is 79.7 Å². The molecule has 1 atom stereocenters. The van der Waals surface area contributed by atoms with Gasteiger partial charge >= 0.3 is 0 Å². The highest BCUT2D eigenvalue weighted by molar-refractivity contribution is 5.83. The normalized spacial score (nSPS) is 15.8. The first-order valence-electron chi connectivity index (χ1n) is 12.2. The van der Waals surface area contributed by atoms with E-state index in [-0.39, 0.29) is 11.6 Å². The van der Waals surface area contributed by atoms with Crippen LogP contribution in [-0.2, 0) is 6.54 Å². The number of aryl methyl sites for hydroxylation is 2. The van der Waals surface area contributed by atoms with Crippen LogP contribution in [0.5, 0.6) is 0 Å². The van der Waals surface area contributed by atoms with Crippen molar-refractivity contribution >= 4 is 10.9 Å². The molecule has 0 saturated heterocycles. The smallest absolute Gasteiger partial charge is 0.253 e. The van der Waals surface area contributed by atoms with Crippen LogP contribution in [0.1, 0.15) is 66.2 Å². The molecule has 1 saturated carbocycles. The van der Waals surface area contributed by atoms with E-state index in [4.69, 9.17) is 0 Å². The number of nitrogens with one attached hydrogen (secondary N) is 1. The Hall–Kier alpha value is -3.32. The highest BCUT2D eigenvalue weighted by Gasteiger charge is 2.33. The third kappa shape index (κ3) is 4.28. The number of benzene rings is 2. The van der Waals surface area contributed by atoms with E-state index in [9.17, 15) is 4.79 Å². The van der Waals surface area contributed by atoms with Gasteiger partial charge < -0.3 is 4.98 Å². The van der Waals surface area contributed by atoms with Crippen LogP contribution < -0.4 is 5.56 Å². The van der Waals surface area contributed by atoms with Crippen molar-refractivity contribution in [2.75, 3.05) is 7.05 Å². The highest BCUT2D eigenvalue weighted by atomic mass is 16.1. The lowest BCUT2D eigenvalue weighted by molar-refractivity contribution is 0.149. The van der Waals surface area contributed by atoms with Crippen LogP contribution >= 0.6 is 0 Å². The van der Waals surface area contributed by atoms with Gasteiger partial charge in [0, 0.05) is 11.6 Å². The molecule has 1 N–H and O–H groups in total. The molecule has 0 spiro atoms. The number of tetrazole rings is 1. The van der Waals surface area contributed by atoms with Crippen LogP contribution in [0.15, 0.2) is 53.3 Å². The molecule has 0 radical (unpaired) electrons. The summed E-state index contributed by atoms with van der Waals surface area (Å²) in [6, 6.07) is 16.5. The Morgan fingerprint density at radius 1 is 1.09 bits per heavy atom. The van der Waals surface area contributed by atoms with Crippen LogP contribution in [-0.4, -0.2) is 43.2 Å². The molecule has 1 aliphatic carbocycles. The number of pyridine rings is 1. The van der Waals surface area contributed by atoms with Gasteiger partial charge in [0.05, 0.1) is 12.1 Å². The van der Waals surface area contributed by atoms with Crippen molar-refractivity contribution in [2.45, 2.75) is 64.6 Å². The molecule has 4 aromatic rings. The number of nitrogens with zero attached hydrogens (tertiary/aromatic N) is 5. The fourth-order valence-corrected chi connectivity index (χ4v) is 5.26. The van der Waals surface area contributed by atoms with Crippen molar-refractivity contribution in [3.05, 3.63) is 87.0 Å². The summed E-state index contributed by atoms with van der Waals surface area (Å²) in [7, 11) is 2.12. The molecular weight excluding hydrogens is 424 g/mol. The van der Waals surface area contributed by atoms with Gasteiger partial charge in [-0.05, 0) is 72.3 Å². The molecule has 0 amide bonds. The number of fused-ring (bicyclic) bond motifs is 1. The Balaban J connectivity index is 1.63. The largest absolute Gasteiger partial charge is 0.321 e. The predicted octanol–water partition coefficient (Wildman–Crippen LogP) is 4.53. The average molecular weight is 457 g/mol. The zero-order valence-electron chi connectivity index (χ0n) is 20.2. The molecule has 0 bridgehead atoms. The summed E-state index contributed by atoms with van der Waals surface area (Å²) >= 11 is 0. The van der Waals surface area contributed by atoms with E-state index in [0.717, 1.165) is 34.9 Å². The van der Waals surface area contributed by atoms with Gasteiger partial charge in [-0.25, -0.2) is 4.68 Å². The van der Waals surface area contributed by atoms with E-state index in [0.29, 0.717) is 24.0 Å². The van der Waals surface area contributed by atoms with Crippen LogP contribution in [0.2, 0.25) is 0 Å². The van der Waals surface area contributed by atoms with Gasteiger partial charge in [-0.2, -0.15) is 0 Å². The summed E-state index contributed by atoms with van der Waals surface area (Å²) in [6.07, 6.45) is 5.94. The minimum Gasteiger partial charge on any atom is -0.321 e. The molecule has 7 heteroatoms. The fourth-order valence-electron chi connectivity index (χ4n) is 5.26. The van der Waals surface area contributed by atoms with Gasteiger partial charge in [0.2, 0.25) is 0 Å². The zero-order valence-corrected chi connectivity index (χ0v) is 20.2. The molecule has 7 nitrogen and oxygen atoms in total. The summed E-state index contributed by atoms with van der Waals surface area (Å²) in [5, 5.41) is 13.8. The molecule has 0 aliphatic heterocycles. The van der Waals surface area contributed by atoms with Crippen molar-refractivity contribution in [3.63, 3.8) is 0 Å². The van der Waals surface area contributed by atoms with Crippen LogP contribution in [0, 0.1) is 13.8 Å². The summed E-state index contributed by atoms with van der Waals surface area (Å²) < 4.78 is 1.84. The maximum Gasteiger partial charge on any atom is 0.253 e. The Labute approximate surface area is 199 Å². The summed E-state index contributed by atoms with van der Waals surface area (Å²) in [4.78, 5) is 19.0. The maximum atomic E-state index is 13.5. The van der Waals surface area contributed by atoms with Gasteiger partial charge in [0.1, 0.15) is 6.04 Å². The number of aromatic amines is 1. The van der Waals surface area contributed by atoms with Gasteiger partial charge in [-0.1, -0.05) is 61.7 Å².